The molecular weight excluding hydrogens is 366 g/mol. The zero-order valence-corrected chi connectivity index (χ0v) is 16.8. The molecule has 2 heterocycles. The van der Waals surface area contributed by atoms with Gasteiger partial charge in [-0.1, -0.05) is 30.3 Å². The number of aromatic hydroxyl groups is 1. The highest BCUT2D eigenvalue weighted by molar-refractivity contribution is 5.97. The van der Waals surface area contributed by atoms with Crippen molar-refractivity contribution >= 4 is 11.8 Å². The van der Waals surface area contributed by atoms with E-state index in [1.807, 2.05) is 0 Å². The number of hydrogen-bond donors (Lipinski definition) is 3. The van der Waals surface area contributed by atoms with Gasteiger partial charge in [-0.2, -0.15) is 0 Å². The van der Waals surface area contributed by atoms with Gasteiger partial charge in [0.2, 0.25) is 11.8 Å². The number of phenolic OH excluding ortho intramolecular Hbond substituents is 1. The Morgan fingerprint density at radius 1 is 1.07 bits per heavy atom. The highest BCUT2D eigenvalue weighted by Gasteiger charge is 2.46. The minimum absolute atomic E-state index is 0.0295. The summed E-state index contributed by atoms with van der Waals surface area (Å²) in [5.41, 5.74) is 4.65. The number of rotatable bonds is 5. The Hall–Kier alpha value is -2.86. The van der Waals surface area contributed by atoms with Crippen LogP contribution in [0.3, 0.4) is 0 Å². The van der Waals surface area contributed by atoms with E-state index < -0.39 is 12.1 Å². The van der Waals surface area contributed by atoms with E-state index in [0.29, 0.717) is 19.4 Å². The molecule has 0 aliphatic carbocycles. The molecule has 6 nitrogen and oxygen atoms in total. The molecule has 3 atom stereocenters. The second-order valence-electron chi connectivity index (χ2n) is 8.17. The number of fused-ring (bicyclic) bond motifs is 1. The summed E-state index contributed by atoms with van der Waals surface area (Å²) in [6.07, 6.45) is 1.06. The molecule has 2 amide bonds. The van der Waals surface area contributed by atoms with Gasteiger partial charge in [-0.15, -0.1) is 0 Å². The number of benzene rings is 2. The van der Waals surface area contributed by atoms with E-state index in [2.05, 4.69) is 42.7 Å². The summed E-state index contributed by atoms with van der Waals surface area (Å²) in [7, 11) is 0. The summed E-state index contributed by atoms with van der Waals surface area (Å²) in [5.74, 6) is 0.0760. The quantitative estimate of drug-likeness (QED) is 0.724. The molecule has 3 N–H and O–H groups in total. The minimum Gasteiger partial charge on any atom is -0.508 e. The third-order valence-electron chi connectivity index (χ3n) is 6.04. The lowest BCUT2D eigenvalue weighted by molar-refractivity contribution is -0.147. The van der Waals surface area contributed by atoms with Gasteiger partial charge in [0.05, 0.1) is 0 Å². The van der Waals surface area contributed by atoms with E-state index in [-0.39, 0.29) is 23.6 Å². The Labute approximate surface area is 170 Å². The number of carbonyl (C=O) groups excluding carboxylic acids is 2. The van der Waals surface area contributed by atoms with Crippen molar-refractivity contribution in [3.63, 3.8) is 0 Å². The van der Waals surface area contributed by atoms with Gasteiger partial charge in [-0.3, -0.25) is 9.59 Å². The molecule has 6 heteroatoms. The molecule has 29 heavy (non-hydrogen) atoms. The lowest BCUT2D eigenvalue weighted by atomic mass is 10.0. The van der Waals surface area contributed by atoms with Crippen LogP contribution >= 0.6 is 0 Å². The molecule has 0 aromatic heterocycles. The second-order valence-corrected chi connectivity index (χ2v) is 8.17. The molecule has 2 fully saturated rings. The van der Waals surface area contributed by atoms with Gasteiger partial charge in [0.25, 0.3) is 0 Å². The Morgan fingerprint density at radius 3 is 2.52 bits per heavy atom. The SMILES string of the molecule is Cc1ccc(CN[C@H]2C[C@H]3C(=O)N[C@H](Cc4ccc(O)cc4)C(=O)N3C2)cc1C. The number of nitrogens with one attached hydrogen (secondary N) is 2. The van der Waals surface area contributed by atoms with Crippen molar-refractivity contribution in [1.29, 1.82) is 0 Å². The fourth-order valence-corrected chi connectivity index (χ4v) is 4.19. The molecule has 0 saturated carbocycles. The molecule has 4 rings (SSSR count). The molecule has 0 radical (unpaired) electrons. The zero-order valence-electron chi connectivity index (χ0n) is 16.8. The van der Waals surface area contributed by atoms with Crippen LogP contribution in [0.2, 0.25) is 0 Å². The number of aryl methyl sites for hydroxylation is 2. The summed E-state index contributed by atoms with van der Waals surface area (Å²) < 4.78 is 0. The van der Waals surface area contributed by atoms with Crippen LogP contribution < -0.4 is 10.6 Å². The molecule has 152 valence electrons. The lowest BCUT2D eigenvalue weighted by Gasteiger charge is -2.34. The Balaban J connectivity index is 1.38. The van der Waals surface area contributed by atoms with Crippen LogP contribution in [0.5, 0.6) is 5.75 Å². The van der Waals surface area contributed by atoms with Gasteiger partial charge >= 0.3 is 0 Å². The highest BCUT2D eigenvalue weighted by Crippen LogP contribution is 2.24. The monoisotopic (exact) mass is 393 g/mol. The standard InChI is InChI=1S/C23H27N3O3/c1-14-3-4-17(9-15(14)2)12-24-18-11-21-22(28)25-20(23(29)26(21)13-18)10-16-5-7-19(27)8-6-16/h3-9,18,20-21,24,27H,10-13H2,1-2H3,(H,25,28)/t18-,20+,21-/m0/s1. The molecule has 2 aromatic rings. The lowest BCUT2D eigenvalue weighted by Crippen LogP contribution is -2.61. The van der Waals surface area contributed by atoms with Crippen molar-refractivity contribution in [3.8, 4) is 5.75 Å². The summed E-state index contributed by atoms with van der Waals surface area (Å²) in [5, 5.41) is 15.8. The Morgan fingerprint density at radius 2 is 1.79 bits per heavy atom. The first-order valence-corrected chi connectivity index (χ1v) is 10.1. The van der Waals surface area contributed by atoms with Gasteiger partial charge < -0.3 is 20.6 Å². The second kappa shape index (κ2) is 7.87. The van der Waals surface area contributed by atoms with E-state index in [1.165, 1.54) is 16.7 Å². The molecule has 2 aliphatic rings. The van der Waals surface area contributed by atoms with Crippen LogP contribution in [-0.4, -0.2) is 46.5 Å². The van der Waals surface area contributed by atoms with Gasteiger partial charge in [0.1, 0.15) is 17.8 Å². The number of amides is 2. The molecule has 2 aliphatic heterocycles. The van der Waals surface area contributed by atoms with Gasteiger partial charge in [-0.25, -0.2) is 0 Å². The largest absolute Gasteiger partial charge is 0.508 e. The smallest absolute Gasteiger partial charge is 0.246 e. The van der Waals surface area contributed by atoms with Gasteiger partial charge in [-0.05, 0) is 54.7 Å². The molecule has 2 saturated heterocycles. The van der Waals surface area contributed by atoms with Gasteiger partial charge in [0.15, 0.2) is 0 Å². The maximum absolute atomic E-state index is 13.0. The molecule has 0 unspecified atom stereocenters. The summed E-state index contributed by atoms with van der Waals surface area (Å²) in [6.45, 7) is 5.47. The third-order valence-corrected chi connectivity index (χ3v) is 6.04. The number of phenols is 1. The number of piperazine rings is 1. The Kier molecular flexibility index (Phi) is 5.28. The zero-order chi connectivity index (χ0) is 20.5. The van der Waals surface area contributed by atoms with Crippen molar-refractivity contribution in [2.75, 3.05) is 6.54 Å². The number of carbonyl (C=O) groups is 2. The molecule has 0 bridgehead atoms. The van der Waals surface area contributed by atoms with Crippen LogP contribution in [0.15, 0.2) is 42.5 Å². The Bertz CT molecular complexity index is 925. The number of nitrogens with zero attached hydrogens (tertiary/aromatic N) is 1. The fourth-order valence-electron chi connectivity index (χ4n) is 4.19. The predicted octanol–water partition coefficient (Wildman–Crippen LogP) is 1.81. The van der Waals surface area contributed by atoms with E-state index >= 15 is 0 Å². The molecular formula is C23H27N3O3. The van der Waals surface area contributed by atoms with Crippen molar-refractivity contribution in [1.82, 2.24) is 15.5 Å². The minimum atomic E-state index is -0.554. The van der Waals surface area contributed by atoms with E-state index in [0.717, 1.165) is 12.1 Å². The third kappa shape index (κ3) is 4.12. The van der Waals surface area contributed by atoms with Crippen LogP contribution in [-0.2, 0) is 22.6 Å². The first-order chi connectivity index (χ1) is 13.9. The molecule has 0 spiro atoms. The average Bonchev–Trinajstić information content (AvgIpc) is 3.14. The topological polar surface area (TPSA) is 81.7 Å². The number of hydrogen-bond acceptors (Lipinski definition) is 4. The van der Waals surface area contributed by atoms with E-state index in [1.54, 1.807) is 29.2 Å². The summed E-state index contributed by atoms with van der Waals surface area (Å²) in [4.78, 5) is 27.3. The van der Waals surface area contributed by atoms with Crippen molar-refractivity contribution in [3.05, 3.63) is 64.7 Å². The average molecular weight is 393 g/mol. The summed E-state index contributed by atoms with van der Waals surface area (Å²) in [6, 6.07) is 12.3. The van der Waals surface area contributed by atoms with Crippen LogP contribution in [0, 0.1) is 13.8 Å². The maximum Gasteiger partial charge on any atom is 0.246 e. The molecule has 2 aromatic carbocycles. The first kappa shape index (κ1) is 19.5. The maximum atomic E-state index is 13.0. The fraction of sp³-hybridized carbons (Fsp3) is 0.391. The predicted molar refractivity (Wildman–Crippen MR) is 110 cm³/mol. The van der Waals surface area contributed by atoms with Crippen molar-refractivity contribution in [2.45, 2.75) is 51.4 Å². The highest BCUT2D eigenvalue weighted by atomic mass is 16.3. The normalized spacial score (nSPS) is 23.8. The van der Waals surface area contributed by atoms with Crippen LogP contribution in [0.1, 0.15) is 28.7 Å². The van der Waals surface area contributed by atoms with Crippen molar-refractivity contribution < 1.29 is 14.7 Å². The van der Waals surface area contributed by atoms with Gasteiger partial charge in [0, 0.05) is 25.6 Å². The van der Waals surface area contributed by atoms with E-state index in [4.69, 9.17) is 0 Å². The summed E-state index contributed by atoms with van der Waals surface area (Å²) >= 11 is 0. The van der Waals surface area contributed by atoms with Crippen LogP contribution in [0.25, 0.3) is 0 Å². The first-order valence-electron chi connectivity index (χ1n) is 10.1. The van der Waals surface area contributed by atoms with Crippen molar-refractivity contribution in [2.24, 2.45) is 0 Å². The van der Waals surface area contributed by atoms with E-state index in [9.17, 15) is 14.7 Å². The van der Waals surface area contributed by atoms with Crippen LogP contribution in [0.4, 0.5) is 0 Å².